The minimum absolute atomic E-state index is 0.0299. The zero-order valence-electron chi connectivity index (χ0n) is 15.4. The minimum atomic E-state index is 0.0299. The second-order valence-electron chi connectivity index (χ2n) is 6.53. The van der Waals surface area contributed by atoms with Gasteiger partial charge in [0.25, 0.3) is 5.22 Å². The molecule has 0 fully saturated rings. The van der Waals surface area contributed by atoms with E-state index < -0.39 is 0 Å². The van der Waals surface area contributed by atoms with Crippen molar-refractivity contribution >= 4 is 34.8 Å². The summed E-state index contributed by atoms with van der Waals surface area (Å²) in [5, 5.41) is 18.4. The molecule has 0 aliphatic carbocycles. The van der Waals surface area contributed by atoms with Gasteiger partial charge in [-0.05, 0) is 54.0 Å². The van der Waals surface area contributed by atoms with Crippen molar-refractivity contribution < 1.29 is 14.3 Å². The molecule has 0 saturated heterocycles. The SMILES string of the molecule is O=C(CSc1nnc(-c2ccc(Cl)cc2)o1)N1CC=C(c2ccc(O)cc2)CC1. The normalized spacial score (nSPS) is 14.0. The topological polar surface area (TPSA) is 79.5 Å². The van der Waals surface area contributed by atoms with E-state index in [2.05, 4.69) is 16.3 Å². The van der Waals surface area contributed by atoms with Crippen LogP contribution in [0.2, 0.25) is 5.02 Å². The molecule has 0 radical (unpaired) electrons. The Hall–Kier alpha value is -2.77. The lowest BCUT2D eigenvalue weighted by molar-refractivity contribution is -0.127. The molecular weight excluding hydrogens is 410 g/mol. The molecule has 8 heteroatoms. The van der Waals surface area contributed by atoms with Gasteiger partial charge in [0.2, 0.25) is 11.8 Å². The molecule has 3 aromatic rings. The molecule has 0 atom stereocenters. The number of phenols is 1. The molecular formula is C21H18ClN3O3S. The van der Waals surface area contributed by atoms with Gasteiger partial charge in [-0.25, -0.2) is 0 Å². The summed E-state index contributed by atoms with van der Waals surface area (Å²) in [6, 6.07) is 14.3. The van der Waals surface area contributed by atoms with E-state index in [9.17, 15) is 9.90 Å². The standard InChI is InChI=1S/C21H18ClN3O3S/c22-17-5-1-16(2-6-17)20-23-24-21(28-20)29-13-19(27)25-11-9-15(10-12-25)14-3-7-18(26)8-4-14/h1-9,26H,10-13H2. The Labute approximate surface area is 177 Å². The Bertz CT molecular complexity index is 1030. The summed E-state index contributed by atoms with van der Waals surface area (Å²) in [5.41, 5.74) is 3.04. The molecule has 1 aromatic heterocycles. The van der Waals surface area contributed by atoms with Crippen LogP contribution < -0.4 is 0 Å². The van der Waals surface area contributed by atoms with Gasteiger partial charge in [-0.15, -0.1) is 10.2 Å². The van der Waals surface area contributed by atoms with Crippen molar-refractivity contribution in [1.82, 2.24) is 15.1 Å². The van der Waals surface area contributed by atoms with Crippen LogP contribution in [0.4, 0.5) is 0 Å². The molecule has 0 spiro atoms. The van der Waals surface area contributed by atoms with Gasteiger partial charge in [-0.1, -0.05) is 41.6 Å². The first-order valence-corrected chi connectivity index (χ1v) is 10.4. The maximum Gasteiger partial charge on any atom is 0.277 e. The van der Waals surface area contributed by atoms with Gasteiger partial charge in [0, 0.05) is 23.7 Å². The summed E-state index contributed by atoms with van der Waals surface area (Å²) in [5.74, 6) is 0.919. The van der Waals surface area contributed by atoms with Gasteiger partial charge < -0.3 is 14.4 Å². The highest BCUT2D eigenvalue weighted by atomic mass is 35.5. The highest BCUT2D eigenvalue weighted by Gasteiger charge is 2.19. The van der Waals surface area contributed by atoms with Crippen LogP contribution in [-0.2, 0) is 4.79 Å². The van der Waals surface area contributed by atoms with Crippen LogP contribution >= 0.6 is 23.4 Å². The third kappa shape index (κ3) is 4.81. The van der Waals surface area contributed by atoms with Crippen molar-refractivity contribution in [2.45, 2.75) is 11.6 Å². The van der Waals surface area contributed by atoms with Crippen LogP contribution in [0.25, 0.3) is 17.0 Å². The number of carbonyl (C=O) groups excluding carboxylic acids is 1. The highest BCUT2D eigenvalue weighted by molar-refractivity contribution is 7.99. The Morgan fingerprint density at radius 3 is 2.52 bits per heavy atom. The van der Waals surface area contributed by atoms with E-state index in [1.54, 1.807) is 36.4 Å². The van der Waals surface area contributed by atoms with Crippen molar-refractivity contribution in [3.8, 4) is 17.2 Å². The third-order valence-corrected chi connectivity index (χ3v) is 5.67. The average Bonchev–Trinajstić information content (AvgIpc) is 3.22. The largest absolute Gasteiger partial charge is 0.508 e. The lowest BCUT2D eigenvalue weighted by Crippen LogP contribution is -2.35. The summed E-state index contributed by atoms with van der Waals surface area (Å²) in [4.78, 5) is 14.3. The summed E-state index contributed by atoms with van der Waals surface area (Å²) in [6.07, 6.45) is 2.84. The van der Waals surface area contributed by atoms with Crippen molar-refractivity contribution in [1.29, 1.82) is 0 Å². The molecule has 2 heterocycles. The van der Waals surface area contributed by atoms with Crippen molar-refractivity contribution in [3.63, 3.8) is 0 Å². The molecule has 1 aliphatic rings. The molecule has 148 valence electrons. The summed E-state index contributed by atoms with van der Waals surface area (Å²) >= 11 is 7.12. The number of aromatic hydroxyl groups is 1. The van der Waals surface area contributed by atoms with Crippen molar-refractivity contribution in [3.05, 3.63) is 65.2 Å². The monoisotopic (exact) mass is 427 g/mol. The average molecular weight is 428 g/mol. The first-order chi connectivity index (χ1) is 14.1. The number of amides is 1. The van der Waals surface area contributed by atoms with Gasteiger partial charge in [-0.2, -0.15) is 0 Å². The van der Waals surface area contributed by atoms with E-state index in [1.807, 2.05) is 17.0 Å². The van der Waals surface area contributed by atoms with E-state index in [1.165, 1.54) is 17.3 Å². The van der Waals surface area contributed by atoms with E-state index in [4.69, 9.17) is 16.0 Å². The predicted octanol–water partition coefficient (Wildman–Crippen LogP) is 4.50. The Balaban J connectivity index is 1.31. The maximum absolute atomic E-state index is 12.5. The molecule has 4 rings (SSSR count). The molecule has 0 bridgehead atoms. The second kappa shape index (κ2) is 8.71. The number of carbonyl (C=O) groups is 1. The van der Waals surface area contributed by atoms with Crippen LogP contribution in [0.15, 0.2) is 64.2 Å². The van der Waals surface area contributed by atoms with E-state index in [-0.39, 0.29) is 17.4 Å². The smallest absolute Gasteiger partial charge is 0.277 e. The van der Waals surface area contributed by atoms with Gasteiger partial charge in [0.1, 0.15) is 5.75 Å². The summed E-state index contributed by atoms with van der Waals surface area (Å²) in [7, 11) is 0. The van der Waals surface area contributed by atoms with Gasteiger partial charge >= 0.3 is 0 Å². The lowest BCUT2D eigenvalue weighted by atomic mass is 9.99. The Kier molecular flexibility index (Phi) is 5.87. The highest BCUT2D eigenvalue weighted by Crippen LogP contribution is 2.26. The van der Waals surface area contributed by atoms with Crippen LogP contribution in [-0.4, -0.2) is 45.0 Å². The summed E-state index contributed by atoms with van der Waals surface area (Å²) < 4.78 is 5.63. The quantitative estimate of drug-likeness (QED) is 0.604. The fourth-order valence-electron chi connectivity index (χ4n) is 3.03. The zero-order chi connectivity index (χ0) is 20.2. The Morgan fingerprint density at radius 1 is 1.10 bits per heavy atom. The molecule has 1 aliphatic heterocycles. The number of aromatic nitrogens is 2. The number of halogens is 1. The molecule has 2 aromatic carbocycles. The maximum atomic E-state index is 12.5. The fraction of sp³-hybridized carbons (Fsp3) is 0.190. The predicted molar refractivity (Wildman–Crippen MR) is 113 cm³/mol. The minimum Gasteiger partial charge on any atom is -0.508 e. The third-order valence-electron chi connectivity index (χ3n) is 4.62. The number of nitrogens with zero attached hydrogens (tertiary/aromatic N) is 3. The Morgan fingerprint density at radius 2 is 1.83 bits per heavy atom. The van der Waals surface area contributed by atoms with Crippen molar-refractivity contribution in [2.75, 3.05) is 18.8 Å². The second-order valence-corrected chi connectivity index (χ2v) is 7.90. The van der Waals surface area contributed by atoms with E-state index >= 15 is 0 Å². The number of thioether (sulfide) groups is 1. The van der Waals surface area contributed by atoms with Gasteiger partial charge in [0.05, 0.1) is 5.75 Å². The number of rotatable bonds is 5. The van der Waals surface area contributed by atoms with Crippen LogP contribution in [0.5, 0.6) is 5.75 Å². The molecule has 0 unspecified atom stereocenters. The first kappa shape index (κ1) is 19.5. The van der Waals surface area contributed by atoms with Crippen LogP contribution in [0.1, 0.15) is 12.0 Å². The zero-order valence-corrected chi connectivity index (χ0v) is 17.0. The van der Waals surface area contributed by atoms with Gasteiger partial charge in [-0.3, -0.25) is 4.79 Å². The van der Waals surface area contributed by atoms with Crippen molar-refractivity contribution in [2.24, 2.45) is 0 Å². The van der Waals surface area contributed by atoms with Crippen LogP contribution in [0.3, 0.4) is 0 Å². The molecule has 6 nitrogen and oxygen atoms in total. The first-order valence-electron chi connectivity index (χ1n) is 9.07. The molecule has 0 saturated carbocycles. The van der Waals surface area contributed by atoms with E-state index in [0.29, 0.717) is 29.2 Å². The van der Waals surface area contributed by atoms with E-state index in [0.717, 1.165) is 17.5 Å². The number of hydrogen-bond acceptors (Lipinski definition) is 6. The number of phenolic OH excluding ortho intramolecular Hbond substituents is 1. The van der Waals surface area contributed by atoms with Gasteiger partial charge in [0.15, 0.2) is 0 Å². The summed E-state index contributed by atoms with van der Waals surface area (Å²) in [6.45, 7) is 1.22. The fourth-order valence-corrected chi connectivity index (χ4v) is 3.82. The lowest BCUT2D eigenvalue weighted by Gasteiger charge is -2.26. The molecule has 1 amide bonds. The molecule has 29 heavy (non-hydrogen) atoms. The number of benzene rings is 2. The van der Waals surface area contributed by atoms with Crippen LogP contribution in [0, 0.1) is 0 Å². The molecule has 1 N–H and O–H groups in total. The number of hydrogen-bond donors (Lipinski definition) is 1.